The topological polar surface area (TPSA) is 56.0 Å². The summed E-state index contributed by atoms with van der Waals surface area (Å²) < 4.78 is 13.0. The summed E-state index contributed by atoms with van der Waals surface area (Å²) in [5, 5.41) is 0. The molecule has 2 rings (SSSR count). The average molecular weight is 276 g/mol. The number of hydrogen-bond donors (Lipinski definition) is 1. The van der Waals surface area contributed by atoms with E-state index in [1.54, 1.807) is 30.5 Å². The number of ketones is 1. The van der Waals surface area contributed by atoms with Crippen LogP contribution < -0.4 is 5.73 Å². The standard InChI is InChI=1S/C14H13FN2OS/c15-11-2-1-3-13(8-11)19-9-12(18)6-10-4-5-17-14(16)7-10/h1-5,7-8H,6,9H2,(H2,16,17). The van der Waals surface area contributed by atoms with Crippen LogP contribution in [0.15, 0.2) is 47.5 Å². The molecule has 3 nitrogen and oxygen atoms in total. The number of thioether (sulfide) groups is 1. The SMILES string of the molecule is Nc1cc(CC(=O)CSc2cccc(F)c2)ccn1. The van der Waals surface area contributed by atoms with E-state index in [0.717, 1.165) is 10.5 Å². The third-order valence-corrected chi connectivity index (χ3v) is 3.50. The first-order valence-corrected chi connectivity index (χ1v) is 6.72. The minimum atomic E-state index is -0.292. The molecular formula is C14H13FN2OS. The van der Waals surface area contributed by atoms with Gasteiger partial charge in [0, 0.05) is 17.5 Å². The van der Waals surface area contributed by atoms with Crippen LogP contribution in [-0.4, -0.2) is 16.5 Å². The lowest BCUT2D eigenvalue weighted by atomic mass is 10.1. The maximum absolute atomic E-state index is 13.0. The number of halogens is 1. The first kappa shape index (κ1) is 13.5. The van der Waals surface area contributed by atoms with Crippen molar-refractivity contribution in [3.63, 3.8) is 0 Å². The molecule has 0 saturated carbocycles. The van der Waals surface area contributed by atoms with Gasteiger partial charge in [0.2, 0.25) is 0 Å². The Morgan fingerprint density at radius 1 is 1.32 bits per heavy atom. The molecule has 1 aromatic heterocycles. The van der Waals surface area contributed by atoms with E-state index in [2.05, 4.69) is 4.98 Å². The smallest absolute Gasteiger partial charge is 0.147 e. The average Bonchev–Trinajstić information content (AvgIpc) is 2.36. The summed E-state index contributed by atoms with van der Waals surface area (Å²) in [5.74, 6) is 0.494. The lowest BCUT2D eigenvalue weighted by molar-refractivity contribution is -0.116. The number of carbonyl (C=O) groups excluding carboxylic acids is 1. The Hall–Kier alpha value is -1.88. The van der Waals surface area contributed by atoms with Crippen molar-refractivity contribution in [3.05, 3.63) is 54.0 Å². The molecule has 2 N–H and O–H groups in total. The van der Waals surface area contributed by atoms with Crippen LogP contribution >= 0.6 is 11.8 Å². The third-order valence-electron chi connectivity index (χ3n) is 2.44. The van der Waals surface area contributed by atoms with Gasteiger partial charge >= 0.3 is 0 Å². The summed E-state index contributed by atoms with van der Waals surface area (Å²) >= 11 is 1.33. The van der Waals surface area contributed by atoms with E-state index >= 15 is 0 Å². The van der Waals surface area contributed by atoms with Gasteiger partial charge < -0.3 is 5.73 Å². The minimum absolute atomic E-state index is 0.0693. The van der Waals surface area contributed by atoms with Gasteiger partial charge in [-0.05, 0) is 35.9 Å². The van der Waals surface area contributed by atoms with Crippen LogP contribution in [0.3, 0.4) is 0 Å². The second-order valence-corrected chi connectivity index (χ2v) is 5.10. The minimum Gasteiger partial charge on any atom is -0.384 e. The van der Waals surface area contributed by atoms with Crippen molar-refractivity contribution in [2.24, 2.45) is 0 Å². The van der Waals surface area contributed by atoms with Gasteiger partial charge in [-0.2, -0.15) is 0 Å². The fourth-order valence-corrected chi connectivity index (χ4v) is 2.40. The van der Waals surface area contributed by atoms with Gasteiger partial charge in [0.25, 0.3) is 0 Å². The van der Waals surface area contributed by atoms with Crippen molar-refractivity contribution in [3.8, 4) is 0 Å². The number of aromatic nitrogens is 1. The summed E-state index contributed by atoms with van der Waals surface area (Å²) in [6, 6.07) is 9.66. The first-order chi connectivity index (χ1) is 9.13. The maximum Gasteiger partial charge on any atom is 0.147 e. The summed E-state index contributed by atoms with van der Waals surface area (Å²) in [6.45, 7) is 0. The molecule has 19 heavy (non-hydrogen) atoms. The number of benzene rings is 1. The predicted octanol–water partition coefficient (Wildman–Crippen LogP) is 2.71. The molecular weight excluding hydrogens is 263 g/mol. The summed E-state index contributed by atoms with van der Waals surface area (Å²) in [6.07, 6.45) is 1.90. The molecule has 0 unspecified atom stereocenters. The number of nitrogens with zero attached hydrogens (tertiary/aromatic N) is 1. The van der Waals surface area contributed by atoms with E-state index < -0.39 is 0 Å². The molecule has 0 fully saturated rings. The highest BCUT2D eigenvalue weighted by atomic mass is 32.2. The predicted molar refractivity (Wildman–Crippen MR) is 74.5 cm³/mol. The molecule has 0 aliphatic heterocycles. The lowest BCUT2D eigenvalue weighted by Gasteiger charge is -2.03. The molecule has 5 heteroatoms. The van der Waals surface area contributed by atoms with Gasteiger partial charge in [0.05, 0.1) is 5.75 Å². The summed E-state index contributed by atoms with van der Waals surface area (Å²) in [5.41, 5.74) is 6.39. The second-order valence-electron chi connectivity index (χ2n) is 4.05. The van der Waals surface area contributed by atoms with Crippen LogP contribution in [0.4, 0.5) is 10.2 Å². The molecule has 0 bridgehead atoms. The Morgan fingerprint density at radius 3 is 2.89 bits per heavy atom. The van der Waals surface area contributed by atoms with Crippen LogP contribution in [0.1, 0.15) is 5.56 Å². The number of anilines is 1. The number of Topliss-reactive ketones (excluding diaryl/α,β-unsaturated/α-hetero) is 1. The van der Waals surface area contributed by atoms with Crippen molar-refractivity contribution in [2.75, 3.05) is 11.5 Å². The summed E-state index contributed by atoms with van der Waals surface area (Å²) in [7, 11) is 0. The van der Waals surface area contributed by atoms with E-state index in [9.17, 15) is 9.18 Å². The van der Waals surface area contributed by atoms with Gasteiger partial charge in [-0.25, -0.2) is 9.37 Å². The second kappa shape index (κ2) is 6.33. The molecule has 0 spiro atoms. The van der Waals surface area contributed by atoms with Gasteiger partial charge in [0.1, 0.15) is 17.4 Å². The largest absolute Gasteiger partial charge is 0.384 e. The fourth-order valence-electron chi connectivity index (χ4n) is 1.60. The zero-order valence-electron chi connectivity index (χ0n) is 10.2. The molecule has 1 aromatic carbocycles. The zero-order valence-corrected chi connectivity index (χ0v) is 11.0. The number of nitrogen functional groups attached to an aromatic ring is 1. The molecule has 0 aliphatic carbocycles. The third kappa shape index (κ3) is 4.37. The van der Waals surface area contributed by atoms with Crippen LogP contribution in [0.2, 0.25) is 0 Å². The molecule has 98 valence electrons. The molecule has 0 atom stereocenters. The Morgan fingerprint density at radius 2 is 2.16 bits per heavy atom. The number of rotatable bonds is 5. The van der Waals surface area contributed by atoms with Crippen molar-refractivity contribution in [1.82, 2.24) is 4.98 Å². The lowest BCUT2D eigenvalue weighted by Crippen LogP contribution is -2.06. The van der Waals surface area contributed by atoms with Crippen molar-refractivity contribution in [2.45, 2.75) is 11.3 Å². The molecule has 2 aromatic rings. The summed E-state index contributed by atoms with van der Waals surface area (Å²) in [4.78, 5) is 16.4. The van der Waals surface area contributed by atoms with Gasteiger partial charge in [0.15, 0.2) is 0 Å². The van der Waals surface area contributed by atoms with Crippen molar-refractivity contribution >= 4 is 23.4 Å². The monoisotopic (exact) mass is 276 g/mol. The van der Waals surface area contributed by atoms with Gasteiger partial charge in [-0.1, -0.05) is 6.07 Å². The Kier molecular flexibility index (Phi) is 4.52. The molecule has 0 radical (unpaired) electrons. The van der Waals surface area contributed by atoms with Crippen LogP contribution in [0, 0.1) is 5.82 Å². The van der Waals surface area contributed by atoms with Crippen LogP contribution in [-0.2, 0) is 11.2 Å². The Bertz CT molecular complexity index is 589. The van der Waals surface area contributed by atoms with E-state index in [-0.39, 0.29) is 11.6 Å². The number of carbonyl (C=O) groups is 1. The molecule has 0 aliphatic rings. The fraction of sp³-hybridized carbons (Fsp3) is 0.143. The number of hydrogen-bond acceptors (Lipinski definition) is 4. The number of pyridine rings is 1. The highest BCUT2D eigenvalue weighted by Crippen LogP contribution is 2.19. The van der Waals surface area contributed by atoms with Crippen LogP contribution in [0.25, 0.3) is 0 Å². The molecule has 0 saturated heterocycles. The van der Waals surface area contributed by atoms with Gasteiger partial charge in [-0.15, -0.1) is 11.8 Å². The van der Waals surface area contributed by atoms with E-state index in [0.29, 0.717) is 18.0 Å². The molecule has 1 heterocycles. The quantitative estimate of drug-likeness (QED) is 0.853. The Balaban J connectivity index is 1.88. The van der Waals surface area contributed by atoms with E-state index in [1.165, 1.54) is 23.9 Å². The zero-order chi connectivity index (χ0) is 13.7. The normalized spacial score (nSPS) is 10.4. The Labute approximate surface area is 115 Å². The van der Waals surface area contributed by atoms with Crippen molar-refractivity contribution in [1.29, 1.82) is 0 Å². The number of nitrogens with two attached hydrogens (primary N) is 1. The highest BCUT2D eigenvalue weighted by Gasteiger charge is 2.06. The van der Waals surface area contributed by atoms with Crippen molar-refractivity contribution < 1.29 is 9.18 Å². The molecule has 0 amide bonds. The van der Waals surface area contributed by atoms with E-state index in [4.69, 9.17) is 5.73 Å². The van der Waals surface area contributed by atoms with E-state index in [1.807, 2.05) is 0 Å². The van der Waals surface area contributed by atoms with Gasteiger partial charge in [-0.3, -0.25) is 4.79 Å². The first-order valence-electron chi connectivity index (χ1n) is 5.74. The highest BCUT2D eigenvalue weighted by molar-refractivity contribution is 8.00. The maximum atomic E-state index is 13.0. The van der Waals surface area contributed by atoms with Crippen LogP contribution in [0.5, 0.6) is 0 Å².